The van der Waals surface area contributed by atoms with E-state index in [9.17, 15) is 0 Å². The number of hydrogen-bond donors (Lipinski definition) is 1. The van der Waals surface area contributed by atoms with Gasteiger partial charge in [0.25, 0.3) is 0 Å². The first kappa shape index (κ1) is 21.9. The number of allylic oxidation sites excluding steroid dienone is 1. The number of nitrogens with one attached hydrogen (secondary N) is 1. The van der Waals surface area contributed by atoms with Crippen LogP contribution in [-0.2, 0) is 11.8 Å². The van der Waals surface area contributed by atoms with Crippen LogP contribution < -0.4 is 14.8 Å². The second kappa shape index (κ2) is 9.38. The Morgan fingerprint density at radius 3 is 2.33 bits per heavy atom. The first-order valence-corrected chi connectivity index (χ1v) is 11.0. The van der Waals surface area contributed by atoms with Gasteiger partial charge in [-0.3, -0.25) is 0 Å². The Labute approximate surface area is 181 Å². The third-order valence-electron chi connectivity index (χ3n) is 6.47. The highest BCUT2D eigenvalue weighted by atomic mass is 16.5. The van der Waals surface area contributed by atoms with E-state index in [0.717, 1.165) is 43.0 Å². The number of ether oxygens (including phenoxy) is 2. The second-order valence-corrected chi connectivity index (χ2v) is 7.67. The highest BCUT2D eigenvalue weighted by molar-refractivity contribution is 6.03. The molecule has 0 unspecified atom stereocenters. The molecule has 4 heteroatoms. The summed E-state index contributed by atoms with van der Waals surface area (Å²) in [6.07, 6.45) is 7.48. The van der Waals surface area contributed by atoms with Gasteiger partial charge in [-0.15, -0.1) is 0 Å². The molecule has 3 rings (SSSR count). The van der Waals surface area contributed by atoms with Crippen molar-refractivity contribution in [1.29, 1.82) is 0 Å². The topological polar surface area (TPSA) is 33.5 Å². The number of hydrogen-bond acceptors (Lipinski definition) is 3. The molecule has 1 aliphatic heterocycles. The lowest BCUT2D eigenvalue weighted by Crippen LogP contribution is -2.33. The zero-order chi connectivity index (χ0) is 21.7. The molecule has 0 bridgehead atoms. The summed E-state index contributed by atoms with van der Waals surface area (Å²) in [5.41, 5.74) is 6.52. The van der Waals surface area contributed by atoms with Gasteiger partial charge in [-0.1, -0.05) is 32.9 Å². The van der Waals surface area contributed by atoms with E-state index in [4.69, 9.17) is 9.47 Å². The van der Waals surface area contributed by atoms with Crippen LogP contribution in [0.4, 0.5) is 11.4 Å². The molecule has 4 nitrogen and oxygen atoms in total. The Bertz CT molecular complexity index is 956. The van der Waals surface area contributed by atoms with Gasteiger partial charge in [0.05, 0.1) is 25.3 Å². The maximum absolute atomic E-state index is 5.52. The van der Waals surface area contributed by atoms with E-state index in [-0.39, 0.29) is 5.41 Å². The summed E-state index contributed by atoms with van der Waals surface area (Å²) in [5.74, 6) is 1.54. The summed E-state index contributed by atoms with van der Waals surface area (Å²) in [4.78, 5) is 0. The van der Waals surface area contributed by atoms with E-state index in [1.807, 2.05) is 24.4 Å². The van der Waals surface area contributed by atoms with Crippen molar-refractivity contribution in [1.82, 2.24) is 0 Å². The van der Waals surface area contributed by atoms with Crippen LogP contribution >= 0.6 is 0 Å². The summed E-state index contributed by atoms with van der Waals surface area (Å²) in [7, 11) is 3.34. The van der Waals surface area contributed by atoms with Gasteiger partial charge in [-0.2, -0.15) is 4.58 Å². The quantitative estimate of drug-likeness (QED) is 0.512. The second-order valence-electron chi connectivity index (χ2n) is 7.67. The molecule has 1 aliphatic rings. The molecule has 0 aromatic heterocycles. The van der Waals surface area contributed by atoms with Crippen molar-refractivity contribution in [2.75, 3.05) is 26.1 Å². The van der Waals surface area contributed by atoms with E-state index in [1.165, 1.54) is 22.5 Å². The summed E-state index contributed by atoms with van der Waals surface area (Å²) in [6.45, 7) is 10.0. The fourth-order valence-corrected chi connectivity index (χ4v) is 4.66. The molecule has 2 aromatic carbocycles. The maximum atomic E-state index is 5.52. The molecule has 2 aromatic rings. The standard InChI is InChI=1S/C26H34N2O2/c1-7-19-11-13-21-23(17-19)28(10-4)25(26(21,8-2)9-3)15-16-27-22-14-12-20(29-5)18-24(22)30-6/h11-18H,7-10H2,1-6H3/p+1. The number of nitrogens with zero attached hydrogens (tertiary/aromatic N) is 1. The molecule has 1 N–H and O–H groups in total. The number of methoxy groups -OCH3 is 2. The first-order valence-electron chi connectivity index (χ1n) is 11.0. The van der Waals surface area contributed by atoms with Crippen molar-refractivity contribution in [2.45, 2.75) is 52.4 Å². The normalized spacial score (nSPS) is 14.9. The molecule has 0 aliphatic carbocycles. The molecule has 0 fully saturated rings. The van der Waals surface area contributed by atoms with E-state index >= 15 is 0 Å². The SMILES string of the molecule is CCc1ccc2c(c1)[N+](CC)=C(C=CNc1ccc(OC)cc1OC)C2(CC)CC. The first-order chi connectivity index (χ1) is 14.6. The van der Waals surface area contributed by atoms with Gasteiger partial charge in [-0.05, 0) is 43.9 Å². The van der Waals surface area contributed by atoms with E-state index in [0.29, 0.717) is 0 Å². The summed E-state index contributed by atoms with van der Waals surface area (Å²) >= 11 is 0. The summed E-state index contributed by atoms with van der Waals surface area (Å²) < 4.78 is 13.3. The van der Waals surface area contributed by atoms with Gasteiger partial charge >= 0.3 is 0 Å². The summed E-state index contributed by atoms with van der Waals surface area (Å²) in [5, 5.41) is 3.41. The smallest absolute Gasteiger partial charge is 0.210 e. The van der Waals surface area contributed by atoms with Crippen LogP contribution in [0, 0.1) is 0 Å². The molecule has 0 atom stereocenters. The van der Waals surface area contributed by atoms with Crippen LogP contribution in [0.25, 0.3) is 0 Å². The lowest BCUT2D eigenvalue weighted by atomic mass is 9.73. The van der Waals surface area contributed by atoms with Crippen LogP contribution in [0.5, 0.6) is 11.5 Å². The molecule has 0 radical (unpaired) electrons. The maximum Gasteiger partial charge on any atom is 0.210 e. The van der Waals surface area contributed by atoms with Crippen LogP contribution in [0.15, 0.2) is 48.7 Å². The molecule has 30 heavy (non-hydrogen) atoms. The van der Waals surface area contributed by atoms with Gasteiger partial charge in [0.2, 0.25) is 5.69 Å². The number of rotatable bonds is 9. The van der Waals surface area contributed by atoms with Gasteiger partial charge in [0.15, 0.2) is 5.71 Å². The number of fused-ring (bicyclic) bond motifs is 1. The van der Waals surface area contributed by atoms with Crippen LogP contribution in [0.1, 0.15) is 51.7 Å². The highest BCUT2D eigenvalue weighted by Crippen LogP contribution is 2.45. The molecular weight excluding hydrogens is 372 g/mol. The lowest BCUT2D eigenvalue weighted by Gasteiger charge is -2.24. The van der Waals surface area contributed by atoms with Crippen molar-refractivity contribution in [3.63, 3.8) is 0 Å². The molecule has 1 heterocycles. The molecule has 0 saturated heterocycles. The third kappa shape index (κ3) is 3.71. The van der Waals surface area contributed by atoms with E-state index in [2.05, 4.69) is 61.9 Å². The minimum Gasteiger partial charge on any atom is -0.497 e. The van der Waals surface area contributed by atoms with Gasteiger partial charge in [-0.25, -0.2) is 0 Å². The monoisotopic (exact) mass is 407 g/mol. The zero-order valence-corrected chi connectivity index (χ0v) is 19.2. The van der Waals surface area contributed by atoms with Crippen molar-refractivity contribution < 1.29 is 14.0 Å². The Morgan fingerprint density at radius 1 is 0.967 bits per heavy atom. The third-order valence-corrected chi connectivity index (χ3v) is 6.47. The highest BCUT2D eigenvalue weighted by Gasteiger charge is 2.48. The largest absolute Gasteiger partial charge is 0.497 e. The van der Waals surface area contributed by atoms with Crippen LogP contribution in [0.2, 0.25) is 0 Å². The van der Waals surface area contributed by atoms with Crippen molar-refractivity contribution in [2.24, 2.45) is 0 Å². The van der Waals surface area contributed by atoms with Gasteiger partial charge < -0.3 is 14.8 Å². The fraction of sp³-hybridized carbons (Fsp3) is 0.423. The van der Waals surface area contributed by atoms with Crippen LogP contribution in [0.3, 0.4) is 0 Å². The molecule has 0 saturated carbocycles. The molecule has 0 amide bonds. The van der Waals surface area contributed by atoms with Crippen molar-refractivity contribution in [3.05, 3.63) is 59.8 Å². The minimum absolute atomic E-state index is 0.0415. The Morgan fingerprint density at radius 2 is 1.73 bits per heavy atom. The van der Waals surface area contributed by atoms with Crippen molar-refractivity contribution in [3.8, 4) is 11.5 Å². The fourth-order valence-electron chi connectivity index (χ4n) is 4.66. The predicted octanol–water partition coefficient (Wildman–Crippen LogP) is 6.07. The van der Waals surface area contributed by atoms with Gasteiger partial charge in [0, 0.05) is 30.0 Å². The number of aryl methyl sites for hydroxylation is 1. The Kier molecular flexibility index (Phi) is 6.86. The van der Waals surface area contributed by atoms with Crippen LogP contribution in [-0.4, -0.2) is 31.1 Å². The number of anilines is 1. The summed E-state index contributed by atoms with van der Waals surface area (Å²) in [6, 6.07) is 12.8. The average Bonchev–Trinajstić information content (AvgIpc) is 3.07. The lowest BCUT2D eigenvalue weighted by molar-refractivity contribution is -0.433. The molecule has 0 spiro atoms. The predicted molar refractivity (Wildman–Crippen MR) is 126 cm³/mol. The minimum atomic E-state index is 0.0415. The Hall–Kier alpha value is -2.75. The van der Waals surface area contributed by atoms with E-state index < -0.39 is 0 Å². The van der Waals surface area contributed by atoms with Gasteiger partial charge in [0.1, 0.15) is 18.0 Å². The number of benzene rings is 2. The van der Waals surface area contributed by atoms with Crippen molar-refractivity contribution >= 4 is 17.1 Å². The Balaban J connectivity index is 2.00. The molecule has 160 valence electrons. The van der Waals surface area contributed by atoms with E-state index in [1.54, 1.807) is 14.2 Å². The molecular formula is C26H35N2O2+. The zero-order valence-electron chi connectivity index (χ0n) is 19.2. The average molecular weight is 408 g/mol.